The van der Waals surface area contributed by atoms with Crippen molar-refractivity contribution in [3.05, 3.63) is 182 Å². The molecule has 0 bridgehead atoms. The molecule has 0 fully saturated rings. The molecule has 0 rings (SSSR count). The van der Waals surface area contributed by atoms with E-state index in [1.54, 1.807) is 0 Å². The van der Waals surface area contributed by atoms with Crippen molar-refractivity contribution >= 4 is 17.9 Å². The van der Waals surface area contributed by atoms with Gasteiger partial charge in [-0.05, 0) is 148 Å². The van der Waals surface area contributed by atoms with E-state index in [-0.39, 0.29) is 38.0 Å². The quantitative estimate of drug-likeness (QED) is 0.0261. The molecule has 0 spiro atoms. The molecule has 1 unspecified atom stereocenters. The van der Waals surface area contributed by atoms with Gasteiger partial charge in [0.15, 0.2) is 6.10 Å². The van der Waals surface area contributed by atoms with Crippen molar-refractivity contribution in [2.24, 2.45) is 0 Å². The van der Waals surface area contributed by atoms with Crippen LogP contribution in [0.15, 0.2) is 182 Å². The highest BCUT2D eigenvalue weighted by molar-refractivity contribution is 5.71. The first-order chi connectivity index (χ1) is 37.5. The number of rotatable bonds is 51. The molecule has 0 saturated carbocycles. The maximum atomic E-state index is 12.8. The maximum absolute atomic E-state index is 12.8. The van der Waals surface area contributed by atoms with E-state index in [1.165, 1.54) is 32.1 Å². The summed E-state index contributed by atoms with van der Waals surface area (Å²) in [5.41, 5.74) is 0. The highest BCUT2D eigenvalue weighted by atomic mass is 16.6. The number of esters is 3. The van der Waals surface area contributed by atoms with Crippen LogP contribution in [0.5, 0.6) is 0 Å². The number of hydrogen-bond acceptors (Lipinski definition) is 6. The molecule has 0 aliphatic rings. The van der Waals surface area contributed by atoms with E-state index in [0.29, 0.717) is 19.3 Å². The van der Waals surface area contributed by atoms with E-state index < -0.39 is 12.1 Å². The molecule has 0 heterocycles. The first kappa shape index (κ1) is 70.5. The monoisotopic (exact) mass is 1040 g/mol. The molecule has 0 aliphatic heterocycles. The summed E-state index contributed by atoms with van der Waals surface area (Å²) in [5.74, 6) is -1.09. The molecule has 0 saturated heterocycles. The van der Waals surface area contributed by atoms with Gasteiger partial charge in [-0.3, -0.25) is 14.4 Å². The molecular weight excluding hydrogens is 937 g/mol. The van der Waals surface area contributed by atoms with Crippen molar-refractivity contribution in [2.75, 3.05) is 13.2 Å². The summed E-state index contributed by atoms with van der Waals surface area (Å²) in [6.07, 6.45) is 93.3. The molecule has 0 aromatic rings. The van der Waals surface area contributed by atoms with Crippen molar-refractivity contribution in [2.45, 2.75) is 226 Å². The van der Waals surface area contributed by atoms with Crippen molar-refractivity contribution in [1.82, 2.24) is 0 Å². The second kappa shape index (κ2) is 62.1. The van der Waals surface area contributed by atoms with Crippen LogP contribution >= 0.6 is 0 Å². The fourth-order valence-electron chi connectivity index (χ4n) is 7.24. The number of ether oxygens (including phenoxy) is 3. The predicted molar refractivity (Wildman–Crippen MR) is 329 cm³/mol. The van der Waals surface area contributed by atoms with Gasteiger partial charge < -0.3 is 14.2 Å². The SMILES string of the molecule is CC/C=C\C/C=C\C/C=C\C/C=C\C/C=C\C/C=C\C/C=C\C/C=C\CCCCC(=O)OCC(COC(=O)CCCCCCC/C=C\CCCCC)OC(=O)CC/C=C\C/C=C\C/C=C\C/C=C\C/C=C\C/C=C\CC. The molecule has 0 aromatic heterocycles. The lowest BCUT2D eigenvalue weighted by molar-refractivity contribution is -0.166. The smallest absolute Gasteiger partial charge is 0.306 e. The van der Waals surface area contributed by atoms with Crippen molar-refractivity contribution in [3.63, 3.8) is 0 Å². The fourth-order valence-corrected chi connectivity index (χ4v) is 7.24. The Kier molecular flexibility index (Phi) is 57.6. The Morgan fingerprint density at radius 1 is 0.276 bits per heavy atom. The van der Waals surface area contributed by atoms with E-state index >= 15 is 0 Å². The molecule has 6 nitrogen and oxygen atoms in total. The Labute approximate surface area is 465 Å². The normalized spacial score (nSPS) is 13.5. The van der Waals surface area contributed by atoms with Crippen LogP contribution < -0.4 is 0 Å². The van der Waals surface area contributed by atoms with E-state index in [1.807, 2.05) is 12.2 Å². The van der Waals surface area contributed by atoms with E-state index in [4.69, 9.17) is 14.2 Å². The van der Waals surface area contributed by atoms with E-state index in [0.717, 1.165) is 135 Å². The second-order valence-electron chi connectivity index (χ2n) is 18.8. The summed E-state index contributed by atoms with van der Waals surface area (Å²) in [6, 6.07) is 0. The van der Waals surface area contributed by atoms with Gasteiger partial charge in [0.25, 0.3) is 0 Å². The van der Waals surface area contributed by atoms with Gasteiger partial charge in [0.1, 0.15) is 13.2 Å². The minimum atomic E-state index is -0.851. The Morgan fingerprint density at radius 2 is 0.539 bits per heavy atom. The highest BCUT2D eigenvalue weighted by Crippen LogP contribution is 2.11. The topological polar surface area (TPSA) is 78.9 Å². The van der Waals surface area contributed by atoms with Gasteiger partial charge in [0.2, 0.25) is 0 Å². The molecule has 76 heavy (non-hydrogen) atoms. The van der Waals surface area contributed by atoms with Crippen LogP contribution in [0, 0.1) is 0 Å². The predicted octanol–water partition coefficient (Wildman–Crippen LogP) is 20.5. The average Bonchev–Trinajstić information content (AvgIpc) is 3.42. The van der Waals surface area contributed by atoms with Crippen LogP contribution in [0.25, 0.3) is 0 Å². The lowest BCUT2D eigenvalue weighted by atomic mass is 10.1. The first-order valence-corrected chi connectivity index (χ1v) is 29.8. The van der Waals surface area contributed by atoms with Crippen LogP contribution in [0.1, 0.15) is 220 Å². The maximum Gasteiger partial charge on any atom is 0.306 e. The standard InChI is InChI=1S/C70H106O6/c1-4-7-10-13-16-19-22-25-27-29-31-32-33-34-35-36-37-38-40-41-43-45-48-51-54-57-60-63-69(72)75-66-67(65-74-68(71)62-59-56-53-50-47-24-21-18-15-12-9-6-3)76-70(73)64-61-58-55-52-49-46-44-42-39-30-28-26-23-20-17-14-11-8-5-2/h7-8,10-11,16-21,25-28,31-32,34-35,37-39,41-43,46,48-49,51,55,58,67H,4-6,9,12-15,22-24,29-30,33,36,40,44-45,47,50,52-54,56-57,59-66H2,1-3H3/b10-7-,11-8-,19-16-,20-17-,21-18-,27-25-,28-26-,32-31-,35-34-,38-37-,42-39-,43-41-,49-46-,51-48-,58-55-. The van der Waals surface area contributed by atoms with Crippen LogP contribution in [0.4, 0.5) is 0 Å². The van der Waals surface area contributed by atoms with Gasteiger partial charge in [-0.25, -0.2) is 0 Å². The number of carbonyl (C=O) groups is 3. The summed E-state index contributed by atoms with van der Waals surface area (Å²) in [5, 5.41) is 0. The number of unbranched alkanes of at least 4 members (excludes halogenated alkanes) is 10. The molecule has 0 amide bonds. The summed E-state index contributed by atoms with van der Waals surface area (Å²) < 4.78 is 16.7. The Hall–Kier alpha value is -5.49. The summed E-state index contributed by atoms with van der Waals surface area (Å²) in [6.45, 7) is 6.25. The third kappa shape index (κ3) is 59.4. The Morgan fingerprint density at radius 3 is 0.895 bits per heavy atom. The molecule has 1 atom stereocenters. The lowest BCUT2D eigenvalue weighted by Gasteiger charge is -2.18. The molecular formula is C70H106O6. The third-order valence-electron chi connectivity index (χ3n) is 11.6. The van der Waals surface area contributed by atoms with Crippen LogP contribution in [-0.4, -0.2) is 37.2 Å². The van der Waals surface area contributed by atoms with Gasteiger partial charge in [-0.1, -0.05) is 235 Å². The Bertz CT molecular complexity index is 1820. The minimum absolute atomic E-state index is 0.136. The Balaban J connectivity index is 4.56. The zero-order chi connectivity index (χ0) is 55.0. The number of carbonyl (C=O) groups excluding carboxylic acids is 3. The van der Waals surface area contributed by atoms with Crippen molar-refractivity contribution in [3.8, 4) is 0 Å². The lowest BCUT2D eigenvalue weighted by Crippen LogP contribution is -2.30. The van der Waals surface area contributed by atoms with E-state index in [9.17, 15) is 14.4 Å². The molecule has 0 radical (unpaired) electrons. The largest absolute Gasteiger partial charge is 0.462 e. The highest BCUT2D eigenvalue weighted by Gasteiger charge is 2.19. The minimum Gasteiger partial charge on any atom is -0.462 e. The van der Waals surface area contributed by atoms with Crippen LogP contribution in [-0.2, 0) is 28.6 Å². The third-order valence-corrected chi connectivity index (χ3v) is 11.6. The fraction of sp³-hybridized carbons (Fsp3) is 0.529. The first-order valence-electron chi connectivity index (χ1n) is 29.8. The van der Waals surface area contributed by atoms with Gasteiger partial charge >= 0.3 is 17.9 Å². The molecule has 6 heteroatoms. The molecule has 0 aromatic carbocycles. The van der Waals surface area contributed by atoms with Gasteiger partial charge in [-0.15, -0.1) is 0 Å². The van der Waals surface area contributed by atoms with E-state index in [2.05, 4.69) is 191 Å². The zero-order valence-electron chi connectivity index (χ0n) is 48.2. The summed E-state index contributed by atoms with van der Waals surface area (Å²) >= 11 is 0. The van der Waals surface area contributed by atoms with Gasteiger partial charge in [-0.2, -0.15) is 0 Å². The molecule has 0 N–H and O–H groups in total. The number of allylic oxidation sites excluding steroid dienone is 30. The van der Waals surface area contributed by atoms with Crippen molar-refractivity contribution < 1.29 is 28.6 Å². The number of hydrogen-bond donors (Lipinski definition) is 0. The average molecular weight is 1040 g/mol. The second-order valence-corrected chi connectivity index (χ2v) is 18.8. The summed E-state index contributed by atoms with van der Waals surface area (Å²) in [4.78, 5) is 38.1. The van der Waals surface area contributed by atoms with Crippen molar-refractivity contribution in [1.29, 1.82) is 0 Å². The molecule has 422 valence electrons. The van der Waals surface area contributed by atoms with Crippen LogP contribution in [0.3, 0.4) is 0 Å². The summed E-state index contributed by atoms with van der Waals surface area (Å²) in [7, 11) is 0. The van der Waals surface area contributed by atoms with Gasteiger partial charge in [0, 0.05) is 19.3 Å². The van der Waals surface area contributed by atoms with Gasteiger partial charge in [0.05, 0.1) is 0 Å². The molecule has 0 aliphatic carbocycles. The zero-order valence-corrected chi connectivity index (χ0v) is 48.2. The van der Waals surface area contributed by atoms with Crippen LogP contribution in [0.2, 0.25) is 0 Å².